The Hall–Kier alpha value is -1.12. The van der Waals surface area contributed by atoms with Crippen LogP contribution in [0.1, 0.15) is 135 Å². The molecule has 0 saturated heterocycles. The third kappa shape index (κ3) is 13.7. The number of hydrogen-bond acceptors (Lipinski definition) is 0. The highest BCUT2D eigenvalue weighted by Crippen LogP contribution is 2.16. The van der Waals surface area contributed by atoms with Crippen LogP contribution in [0.4, 0.5) is 0 Å². The van der Waals surface area contributed by atoms with E-state index < -0.39 is 0 Å². The second kappa shape index (κ2) is 19.1. The minimum atomic E-state index is 1.20. The maximum absolute atomic E-state index is 2.55. The molecule has 3 aliphatic heterocycles. The van der Waals surface area contributed by atoms with Gasteiger partial charge in [-0.15, -0.1) is 0 Å². The fraction of sp³-hybridized carbons (Fsp3) is 0.758. The standard InChI is InChI=1S/C33H56N2/c1-2-4-8-12-16-22-32-24-20-29-35(30-32)27-19-15-11-7-5-9-13-17-23-33-25-21-28-34(31-33)26-18-14-10-6-3-1/h20-21,24-25,30-31H,1-19,22-23,26-29H2/p+2. The van der Waals surface area contributed by atoms with Crippen LogP contribution >= 0.6 is 0 Å². The van der Waals surface area contributed by atoms with Gasteiger partial charge in [0.25, 0.3) is 0 Å². The smallest absolute Gasteiger partial charge is 0.100 e. The summed E-state index contributed by atoms with van der Waals surface area (Å²) in [6.07, 6.45) is 44.5. The summed E-state index contributed by atoms with van der Waals surface area (Å²) in [7, 11) is 0. The van der Waals surface area contributed by atoms with Gasteiger partial charge in [0.15, 0.2) is 0 Å². The molecule has 0 fully saturated rings. The van der Waals surface area contributed by atoms with E-state index in [-0.39, 0.29) is 0 Å². The Labute approximate surface area is 218 Å². The quantitative estimate of drug-likeness (QED) is 0.373. The van der Waals surface area contributed by atoms with Crippen molar-refractivity contribution < 1.29 is 9.80 Å². The van der Waals surface area contributed by atoms with E-state index in [1.165, 1.54) is 161 Å². The molecule has 2 unspecified atom stereocenters. The van der Waals surface area contributed by atoms with Crippen molar-refractivity contribution in [1.82, 2.24) is 0 Å². The molecule has 2 N–H and O–H groups in total. The van der Waals surface area contributed by atoms with Crippen molar-refractivity contribution in [2.75, 3.05) is 26.2 Å². The number of allylic oxidation sites excluding steroid dienone is 4. The Balaban J connectivity index is 1.34. The molecule has 0 spiro atoms. The van der Waals surface area contributed by atoms with Gasteiger partial charge in [-0.3, -0.25) is 0 Å². The lowest BCUT2D eigenvalue weighted by atomic mass is 10.0. The van der Waals surface area contributed by atoms with E-state index in [2.05, 4.69) is 36.7 Å². The average Bonchev–Trinajstić information content (AvgIpc) is 2.88. The molecule has 2 heteroatoms. The summed E-state index contributed by atoms with van der Waals surface area (Å²) < 4.78 is 0. The topological polar surface area (TPSA) is 8.88 Å². The summed E-state index contributed by atoms with van der Waals surface area (Å²) in [5, 5.41) is 0. The lowest BCUT2D eigenvalue weighted by molar-refractivity contribution is -0.842. The van der Waals surface area contributed by atoms with Crippen LogP contribution in [0.25, 0.3) is 0 Å². The molecule has 3 heterocycles. The molecule has 0 aliphatic carbocycles. The lowest BCUT2D eigenvalue weighted by Gasteiger charge is -2.18. The third-order valence-corrected chi connectivity index (χ3v) is 8.38. The number of hydrogen-bond donors (Lipinski definition) is 2. The molecule has 0 radical (unpaired) electrons. The molecule has 3 aliphatic rings. The van der Waals surface area contributed by atoms with Gasteiger partial charge >= 0.3 is 0 Å². The first-order valence-electron chi connectivity index (χ1n) is 15.8. The van der Waals surface area contributed by atoms with Crippen LogP contribution < -0.4 is 9.80 Å². The summed E-state index contributed by atoms with van der Waals surface area (Å²) in [6.45, 7) is 5.07. The Morgan fingerprint density at radius 3 is 1.06 bits per heavy atom. The van der Waals surface area contributed by atoms with E-state index >= 15 is 0 Å². The molecular weight excluding hydrogens is 424 g/mol. The molecule has 35 heavy (non-hydrogen) atoms. The van der Waals surface area contributed by atoms with Gasteiger partial charge in [0.05, 0.1) is 25.5 Å². The molecule has 4 bridgehead atoms. The lowest BCUT2D eigenvalue weighted by Crippen LogP contribution is -3.07. The minimum absolute atomic E-state index is 1.20. The van der Waals surface area contributed by atoms with E-state index in [1.807, 2.05) is 0 Å². The van der Waals surface area contributed by atoms with Crippen molar-refractivity contribution in [3.63, 3.8) is 0 Å². The minimum Gasteiger partial charge on any atom is -0.305 e. The number of nitrogens with one attached hydrogen (secondary N) is 2. The van der Waals surface area contributed by atoms with Gasteiger partial charge in [0, 0.05) is 11.1 Å². The third-order valence-electron chi connectivity index (χ3n) is 8.38. The van der Waals surface area contributed by atoms with E-state index in [0.29, 0.717) is 0 Å². The summed E-state index contributed by atoms with van der Waals surface area (Å²) in [6, 6.07) is 0. The molecule has 0 aromatic carbocycles. The van der Waals surface area contributed by atoms with Gasteiger partial charge in [-0.05, 0) is 63.5 Å². The zero-order valence-corrected chi connectivity index (χ0v) is 23.1. The van der Waals surface area contributed by atoms with Crippen LogP contribution in [0.15, 0.2) is 47.9 Å². The number of rotatable bonds is 0. The summed E-state index contributed by atoms with van der Waals surface area (Å²) in [4.78, 5) is 3.39. The van der Waals surface area contributed by atoms with Crippen LogP contribution in [0.5, 0.6) is 0 Å². The van der Waals surface area contributed by atoms with Crippen LogP contribution in [0.2, 0.25) is 0 Å². The van der Waals surface area contributed by atoms with E-state index in [1.54, 1.807) is 20.9 Å². The van der Waals surface area contributed by atoms with Crippen LogP contribution in [-0.4, -0.2) is 26.2 Å². The van der Waals surface area contributed by atoms with Gasteiger partial charge in [-0.2, -0.15) is 0 Å². The van der Waals surface area contributed by atoms with Crippen molar-refractivity contribution in [2.45, 2.75) is 135 Å². The molecule has 0 amide bonds. The van der Waals surface area contributed by atoms with E-state index in [9.17, 15) is 0 Å². The molecule has 198 valence electrons. The first-order chi connectivity index (χ1) is 17.4. The molecule has 2 atom stereocenters. The number of quaternary nitrogens is 2. The van der Waals surface area contributed by atoms with Gasteiger partial charge in [0.1, 0.15) is 13.1 Å². The van der Waals surface area contributed by atoms with Gasteiger partial charge in [-0.1, -0.05) is 95.6 Å². The maximum Gasteiger partial charge on any atom is 0.100 e. The van der Waals surface area contributed by atoms with Gasteiger partial charge < -0.3 is 9.80 Å². The van der Waals surface area contributed by atoms with Crippen LogP contribution in [0, 0.1) is 0 Å². The second-order valence-electron chi connectivity index (χ2n) is 11.7. The predicted molar refractivity (Wildman–Crippen MR) is 153 cm³/mol. The largest absolute Gasteiger partial charge is 0.305 e. The SMILES string of the molecule is C1=CC2=C[NH+](C1)CCCCCCCCCCCCCC1=C[NH+](CC=C1)CCCCCCCCCC2. The highest BCUT2D eigenvalue weighted by atomic mass is 15.1. The molecule has 0 aromatic rings. The second-order valence-corrected chi connectivity index (χ2v) is 11.7. The fourth-order valence-electron chi connectivity index (χ4n) is 6.14. The zero-order valence-electron chi connectivity index (χ0n) is 23.1. The Bertz CT molecular complexity index is 656. The van der Waals surface area contributed by atoms with Crippen LogP contribution in [-0.2, 0) is 0 Å². The highest BCUT2D eigenvalue weighted by Gasteiger charge is 2.11. The Morgan fingerprint density at radius 2 is 0.686 bits per heavy atom. The predicted octanol–water partition coefficient (Wildman–Crippen LogP) is 6.87. The van der Waals surface area contributed by atoms with Gasteiger partial charge in [-0.25, -0.2) is 0 Å². The van der Waals surface area contributed by atoms with Crippen molar-refractivity contribution in [3.05, 3.63) is 47.9 Å². The first-order valence-corrected chi connectivity index (χ1v) is 15.8. The van der Waals surface area contributed by atoms with Crippen LogP contribution in [0.3, 0.4) is 0 Å². The zero-order chi connectivity index (χ0) is 24.2. The highest BCUT2D eigenvalue weighted by molar-refractivity contribution is 5.18. The summed E-state index contributed by atoms with van der Waals surface area (Å²) in [5.41, 5.74) is 3.20. The number of fused-ring (bicyclic) bond motifs is 2. The normalized spacial score (nSPS) is 28.1. The first kappa shape index (κ1) is 28.5. The molecular formula is C33H58N2+2. The van der Waals surface area contributed by atoms with Crippen molar-refractivity contribution in [2.24, 2.45) is 0 Å². The van der Waals surface area contributed by atoms with E-state index in [0.717, 1.165) is 0 Å². The molecule has 2 nitrogen and oxygen atoms in total. The van der Waals surface area contributed by atoms with E-state index in [4.69, 9.17) is 0 Å². The maximum atomic E-state index is 2.55. The molecule has 3 rings (SSSR count). The van der Waals surface area contributed by atoms with Crippen molar-refractivity contribution in [3.8, 4) is 0 Å². The van der Waals surface area contributed by atoms with Crippen molar-refractivity contribution in [1.29, 1.82) is 0 Å². The average molecular weight is 483 g/mol. The fourth-order valence-corrected chi connectivity index (χ4v) is 6.14. The molecule has 0 aromatic heterocycles. The van der Waals surface area contributed by atoms with Crippen molar-refractivity contribution >= 4 is 0 Å². The Kier molecular flexibility index (Phi) is 15.5. The molecule has 0 saturated carbocycles. The summed E-state index contributed by atoms with van der Waals surface area (Å²) in [5.74, 6) is 0. The summed E-state index contributed by atoms with van der Waals surface area (Å²) >= 11 is 0. The van der Waals surface area contributed by atoms with Gasteiger partial charge in [0.2, 0.25) is 0 Å². The Morgan fingerprint density at radius 1 is 0.371 bits per heavy atom. The monoisotopic (exact) mass is 482 g/mol.